The number of hydrogen-bond donors (Lipinski definition) is 21. The molecular formula is C82H80Cl2N8O28. The van der Waals surface area contributed by atoms with E-state index >= 15 is 24.0 Å². The average molecular weight is 1700 g/mol. The molecule has 8 aliphatic heterocycles. The van der Waals surface area contributed by atoms with Crippen molar-refractivity contribution in [3.05, 3.63) is 200 Å². The molecule has 8 heterocycles. The molecule has 8 aliphatic rings. The number of hydrogen-bond acceptors (Lipinski definition) is 28. The minimum Gasteiger partial charge on any atom is -0.508 e. The molecule has 8 aromatic rings. The van der Waals surface area contributed by atoms with Gasteiger partial charge in [-0.05, 0) is 132 Å². The number of carbonyl (C=O) groups excluding carboxylic acids is 6. The van der Waals surface area contributed by atoms with Crippen LogP contribution in [0.25, 0.3) is 11.1 Å². The minimum absolute atomic E-state index is 0.0843. The van der Waals surface area contributed by atoms with Crippen molar-refractivity contribution in [2.24, 2.45) is 0 Å². The van der Waals surface area contributed by atoms with Gasteiger partial charge >= 0.3 is 11.9 Å². The fourth-order valence-corrected chi connectivity index (χ4v) is 15.3. The van der Waals surface area contributed by atoms with Gasteiger partial charge in [-0.3, -0.25) is 28.8 Å². The van der Waals surface area contributed by atoms with Crippen molar-refractivity contribution < 1.29 is 138 Å². The molecule has 36 nitrogen and oxygen atoms in total. The number of aliphatic hydroxyl groups excluding tert-OH is 7. The Morgan fingerprint density at radius 3 is 1.88 bits per heavy atom. The Hall–Kier alpha value is -12.1. The quantitative estimate of drug-likeness (QED) is 0.0741. The number of carboxylic acids is 2. The van der Waals surface area contributed by atoms with Gasteiger partial charge in [0.2, 0.25) is 53.8 Å². The largest absolute Gasteiger partial charge is 0.508 e. The van der Waals surface area contributed by atoms with Crippen molar-refractivity contribution in [3.8, 4) is 80.1 Å². The highest BCUT2D eigenvalue weighted by atomic mass is 35.5. The molecule has 0 spiro atoms. The zero-order valence-corrected chi connectivity index (χ0v) is 64.6. The first-order valence-corrected chi connectivity index (χ1v) is 38.4. The summed E-state index contributed by atoms with van der Waals surface area (Å²) in [6, 6.07) is 12.6. The number of amides is 6. The zero-order chi connectivity index (χ0) is 85.6. The first kappa shape index (κ1) is 84.3. The van der Waals surface area contributed by atoms with E-state index in [0.717, 1.165) is 97.6 Å². The third kappa shape index (κ3) is 17.2. The second-order valence-electron chi connectivity index (χ2n) is 29.3. The third-order valence-corrected chi connectivity index (χ3v) is 22.0. The van der Waals surface area contributed by atoms with Crippen molar-refractivity contribution >= 4 is 70.6 Å². The van der Waals surface area contributed by atoms with E-state index in [0.29, 0.717) is 11.1 Å². The Morgan fingerprint density at radius 1 is 0.533 bits per heavy atom. The van der Waals surface area contributed by atoms with Gasteiger partial charge in [0.15, 0.2) is 35.1 Å². The number of aryl methyl sites for hydroxylation is 1. The van der Waals surface area contributed by atoms with Crippen LogP contribution in [0.5, 0.6) is 69.0 Å². The lowest BCUT2D eigenvalue weighted by atomic mass is 9.89. The van der Waals surface area contributed by atoms with E-state index in [2.05, 4.69) is 42.5 Å². The number of likely N-dealkylation sites (N-methyl/N-ethyl adjacent to an activating group) is 1. The van der Waals surface area contributed by atoms with Crippen LogP contribution in [0.3, 0.4) is 0 Å². The summed E-state index contributed by atoms with van der Waals surface area (Å²) < 4.78 is 44.3. The van der Waals surface area contributed by atoms with E-state index in [1.54, 1.807) is 12.1 Å². The highest BCUT2D eigenvalue weighted by Crippen LogP contribution is 2.50. The van der Waals surface area contributed by atoms with E-state index in [-0.39, 0.29) is 34.9 Å². The van der Waals surface area contributed by atoms with Crippen molar-refractivity contribution in [2.75, 3.05) is 13.7 Å². The van der Waals surface area contributed by atoms with Gasteiger partial charge in [0.1, 0.15) is 119 Å². The van der Waals surface area contributed by atoms with Gasteiger partial charge in [0.25, 0.3) is 0 Å². The number of aliphatic hydroxyl groups is 7. The molecule has 0 saturated carbocycles. The van der Waals surface area contributed by atoms with Crippen LogP contribution >= 0.6 is 23.2 Å². The molecule has 120 heavy (non-hydrogen) atoms. The maximum Gasteiger partial charge on any atom is 0.335 e. The number of carboxylic acid groups (broad SMARTS) is 2. The number of rotatable bonds is 14. The maximum absolute atomic E-state index is 16.7. The van der Waals surface area contributed by atoms with Gasteiger partial charge < -0.3 is 142 Å². The van der Waals surface area contributed by atoms with E-state index in [4.69, 9.17) is 56.4 Å². The lowest BCUT2D eigenvalue weighted by Gasteiger charge is -2.41. The number of ether oxygens (including phenoxy) is 7. The van der Waals surface area contributed by atoms with Gasteiger partial charge in [-0.15, -0.1) is 0 Å². The highest BCUT2D eigenvalue weighted by molar-refractivity contribution is 6.33. The van der Waals surface area contributed by atoms with Crippen LogP contribution in [0.15, 0.2) is 140 Å². The number of aromatic hydroxyl groups is 4. The topological polar surface area (TPSA) is 560 Å². The minimum atomic E-state index is -2.43. The normalized spacial score (nSPS) is 26.7. The molecule has 16 rings (SSSR count). The number of nitrogens with one attached hydrogen (secondary N) is 8. The average Bonchev–Trinajstić information content (AvgIpc) is 0.759. The van der Waals surface area contributed by atoms with Crippen LogP contribution in [0.1, 0.15) is 106 Å². The van der Waals surface area contributed by atoms with Crippen molar-refractivity contribution in [2.45, 2.75) is 149 Å². The summed E-state index contributed by atoms with van der Waals surface area (Å²) in [5.74, 6) is -18.3. The smallest absolute Gasteiger partial charge is 0.335 e. The number of unbranched alkanes of at least 4 members (excludes halogenated alkanes) is 1. The number of fused-ring (bicyclic) bond motifs is 14. The fourth-order valence-electron chi connectivity index (χ4n) is 14.9. The first-order chi connectivity index (χ1) is 57.4. The van der Waals surface area contributed by atoms with Crippen molar-refractivity contribution in [3.63, 3.8) is 0 Å². The molecular weight excluding hydrogens is 1620 g/mol. The summed E-state index contributed by atoms with van der Waals surface area (Å²) in [5.41, 5.74) is -1.47. The molecule has 0 aromatic heterocycles. The summed E-state index contributed by atoms with van der Waals surface area (Å²) >= 11 is 14.2. The molecule has 0 radical (unpaired) electrons. The molecule has 18 atom stereocenters. The fraction of sp³-hybridized carbons (Fsp3) is 0.317. The Morgan fingerprint density at radius 2 is 1.18 bits per heavy atom. The molecule has 6 amide bonds. The van der Waals surface area contributed by atoms with Crippen LogP contribution in [0.4, 0.5) is 0 Å². The first-order valence-electron chi connectivity index (χ1n) is 37.6. The predicted octanol–water partition coefficient (Wildman–Crippen LogP) is 3.42. The van der Waals surface area contributed by atoms with E-state index < -0.39 is 265 Å². The Labute approximate surface area is 690 Å². The van der Waals surface area contributed by atoms with Crippen LogP contribution in [-0.2, 0) is 67.2 Å². The van der Waals surface area contributed by atoms with E-state index in [1.807, 2.05) is 19.1 Å². The third-order valence-electron chi connectivity index (χ3n) is 21.3. The lowest BCUT2D eigenvalue weighted by molar-refractivity contribution is -0.277. The number of aliphatic carboxylic acids is 2. The summed E-state index contributed by atoms with van der Waals surface area (Å²) in [5, 5.41) is 168. The predicted molar refractivity (Wildman–Crippen MR) is 416 cm³/mol. The van der Waals surface area contributed by atoms with Crippen molar-refractivity contribution in [1.29, 1.82) is 0 Å². The number of halogens is 2. The van der Waals surface area contributed by atoms with Gasteiger partial charge in [0.05, 0.1) is 22.7 Å². The van der Waals surface area contributed by atoms with Crippen LogP contribution in [0.2, 0.25) is 10.0 Å². The standard InChI is InChI=1S/C82H80Cl2N8O28/c1-3-4-5-32-6-8-34(9-7-32)30-86-64-67(100)69(102)72(80(112)113)120-81(64)119-71-53-24-38-25-54(71)116-50-19-14-37(22-45(50)83)65(98)63-78(109)91-62(79(110)111)43-26-39(94)27-52(117-82-70(103)68(101)66(99)55(31-93)118-82)56(43)42-21-35(12-17-47(42)95)59(75(106)92-63)88-76(107)60(38)89-77(108)61-44-28-41(29-49(97)57(44)84)115-51-23-36(13-18-48(51)96)58(85-2)74(105)87-46(73(104)90-61)20-33-10-15-40(114-53)16-11-33/h6-19,21-29,46,55,58-70,72,81-82,85-86,93-103H,3-5,20,30-31H2,1-2H3,(H,87,105)(H,88,107)(H,89,108)(H,90,104)(H,91,109)(H,92,106)(H,110,111)(H,112,113)/t46-,55-,58-,59-,60-,61+,62+,63?,64?,65-,66-,67-,68+,69?,70+,72?,81-,82+/m1/s1. The summed E-state index contributed by atoms with van der Waals surface area (Å²) in [6.45, 7) is 0.975. The second kappa shape index (κ2) is 35.0. The molecule has 17 bridgehead atoms. The zero-order valence-electron chi connectivity index (χ0n) is 63.1. The Bertz CT molecular complexity index is 5340. The molecule has 4 unspecified atom stereocenters. The molecule has 630 valence electrons. The van der Waals surface area contributed by atoms with Crippen molar-refractivity contribution in [1.82, 2.24) is 42.5 Å². The maximum atomic E-state index is 16.7. The van der Waals surface area contributed by atoms with E-state index in [1.165, 1.54) is 49.5 Å². The highest BCUT2D eigenvalue weighted by Gasteiger charge is 2.51. The Balaban J connectivity index is 1.00. The molecule has 2 fully saturated rings. The molecule has 8 aromatic carbocycles. The van der Waals surface area contributed by atoms with Crippen LogP contribution in [-0.4, -0.2) is 201 Å². The van der Waals surface area contributed by atoms with Crippen LogP contribution < -0.4 is 66.2 Å². The summed E-state index contributed by atoms with van der Waals surface area (Å²) in [4.78, 5) is 122. The SMILES string of the molecule is CCCCc1ccc(CNC2[C@H](Oc3c4cc5cc3Oc3ccc(cc3Cl)[C@@H](O)C3NC(=O)[C@H](NC(=O)[C@@H]5NC(=O)[C@H]5NC(=O)[C@@H](Cc6ccc(cc6)O4)NC(=O)[C@H](NC)c4ccc(O)c(c4)Oc4cc(O)c(Cl)c5c4)c4ccc(O)c(c4)-c4c(O[C@H]5O[C@H](CO)[C@@H](O)[C@H](O)[C@@H]5O)cc(O)cc4[C@@H](C(=O)O)NC3=O)OC(C(=O)O)C(O)[C@@H]2O)cc1. The Kier molecular flexibility index (Phi) is 24.6. The molecule has 38 heteroatoms. The van der Waals surface area contributed by atoms with Gasteiger partial charge in [-0.1, -0.05) is 91.1 Å². The number of benzene rings is 8. The number of phenols is 4. The van der Waals surface area contributed by atoms with Gasteiger partial charge in [-0.2, -0.15) is 0 Å². The van der Waals surface area contributed by atoms with Gasteiger partial charge in [0, 0.05) is 47.4 Å². The molecule has 0 aliphatic carbocycles. The monoisotopic (exact) mass is 1690 g/mol. The molecule has 2 saturated heterocycles. The van der Waals surface area contributed by atoms with E-state index in [9.17, 15) is 80.8 Å². The second-order valence-corrected chi connectivity index (χ2v) is 30.1. The van der Waals surface area contributed by atoms with Gasteiger partial charge in [-0.25, -0.2) is 9.59 Å². The number of phenolic OH excluding ortho intramolecular Hbond substituents is 4. The lowest BCUT2D eigenvalue weighted by Crippen LogP contribution is -2.65. The van der Waals surface area contributed by atoms with Crippen LogP contribution in [0, 0.1) is 0 Å². The summed E-state index contributed by atoms with van der Waals surface area (Å²) in [6.07, 6.45) is -18.6. The number of carbonyl (C=O) groups is 8. The molecule has 21 N–H and O–H groups in total. The summed E-state index contributed by atoms with van der Waals surface area (Å²) in [7, 11) is 1.43.